The van der Waals surface area contributed by atoms with Crippen molar-refractivity contribution >= 4 is 0 Å². The van der Waals surface area contributed by atoms with Gasteiger partial charge in [-0.15, -0.1) is 6.42 Å². The number of rotatable bonds is 7. The minimum Gasteiger partial charge on any atom is -0.367 e. The van der Waals surface area contributed by atoms with Crippen LogP contribution in [-0.2, 0) is 11.3 Å². The summed E-state index contributed by atoms with van der Waals surface area (Å²) in [5.74, 6) is 3.01. The highest BCUT2D eigenvalue weighted by Crippen LogP contribution is 2.05. The summed E-state index contributed by atoms with van der Waals surface area (Å²) >= 11 is 0. The van der Waals surface area contributed by atoms with E-state index < -0.39 is 0 Å². The Balaban J connectivity index is 2.37. The predicted molar refractivity (Wildman–Crippen MR) is 71.6 cm³/mol. The second-order valence-electron chi connectivity index (χ2n) is 4.44. The summed E-state index contributed by atoms with van der Waals surface area (Å²) in [5.41, 5.74) is 1.29. The monoisotopic (exact) mass is 231 g/mol. The molecule has 1 aromatic rings. The second-order valence-corrected chi connectivity index (χ2v) is 4.44. The molecule has 0 aliphatic carbocycles. The van der Waals surface area contributed by atoms with Crippen LogP contribution in [0, 0.1) is 18.3 Å². The van der Waals surface area contributed by atoms with E-state index in [2.05, 4.69) is 49.4 Å². The molecular formula is C15H21NO. The standard InChI is InChI=1S/C15H21NO/c1-4-10-17-12-15(13(2)3)16-11-14-8-6-5-7-9-14/h1,5-9,13,15-16H,10-12H2,2-3H3. The van der Waals surface area contributed by atoms with Crippen molar-refractivity contribution < 1.29 is 4.74 Å². The van der Waals surface area contributed by atoms with E-state index in [0.29, 0.717) is 25.2 Å². The third kappa shape index (κ3) is 5.53. The molecule has 1 rings (SSSR count). The molecule has 0 spiro atoms. The molecule has 0 bridgehead atoms. The molecule has 0 saturated carbocycles. The molecule has 1 atom stereocenters. The molecule has 2 heteroatoms. The van der Waals surface area contributed by atoms with E-state index in [-0.39, 0.29) is 0 Å². The van der Waals surface area contributed by atoms with Gasteiger partial charge in [0, 0.05) is 12.6 Å². The Morgan fingerprint density at radius 1 is 1.29 bits per heavy atom. The molecule has 0 heterocycles. The average molecular weight is 231 g/mol. The van der Waals surface area contributed by atoms with Crippen molar-refractivity contribution in [2.24, 2.45) is 5.92 Å². The van der Waals surface area contributed by atoms with Gasteiger partial charge in [0.15, 0.2) is 0 Å². The van der Waals surface area contributed by atoms with Gasteiger partial charge < -0.3 is 10.1 Å². The van der Waals surface area contributed by atoms with Crippen LogP contribution in [0.25, 0.3) is 0 Å². The predicted octanol–water partition coefficient (Wildman–Crippen LogP) is 2.45. The Morgan fingerprint density at radius 3 is 2.59 bits per heavy atom. The van der Waals surface area contributed by atoms with Crippen LogP contribution >= 0.6 is 0 Å². The number of nitrogens with one attached hydrogen (secondary N) is 1. The Hall–Kier alpha value is -1.30. The summed E-state index contributed by atoms with van der Waals surface area (Å²) in [7, 11) is 0. The molecule has 0 aromatic heterocycles. The van der Waals surface area contributed by atoms with E-state index in [0.717, 1.165) is 6.54 Å². The van der Waals surface area contributed by atoms with Crippen LogP contribution in [0.2, 0.25) is 0 Å². The number of hydrogen-bond acceptors (Lipinski definition) is 2. The highest BCUT2D eigenvalue weighted by Gasteiger charge is 2.12. The molecule has 1 unspecified atom stereocenters. The fourth-order valence-corrected chi connectivity index (χ4v) is 1.58. The van der Waals surface area contributed by atoms with Crippen LogP contribution in [0.4, 0.5) is 0 Å². The molecule has 0 aliphatic rings. The van der Waals surface area contributed by atoms with Crippen molar-refractivity contribution in [3.8, 4) is 12.3 Å². The number of terminal acetylenes is 1. The first-order valence-corrected chi connectivity index (χ1v) is 6.02. The van der Waals surface area contributed by atoms with E-state index in [9.17, 15) is 0 Å². The molecule has 0 aliphatic heterocycles. The van der Waals surface area contributed by atoms with Crippen molar-refractivity contribution in [1.29, 1.82) is 0 Å². The third-order valence-electron chi connectivity index (χ3n) is 2.70. The topological polar surface area (TPSA) is 21.3 Å². The van der Waals surface area contributed by atoms with Gasteiger partial charge in [-0.05, 0) is 11.5 Å². The van der Waals surface area contributed by atoms with Gasteiger partial charge in [-0.25, -0.2) is 0 Å². The maximum absolute atomic E-state index is 5.40. The van der Waals surface area contributed by atoms with Crippen LogP contribution in [0.3, 0.4) is 0 Å². The zero-order valence-corrected chi connectivity index (χ0v) is 10.6. The van der Waals surface area contributed by atoms with E-state index in [1.807, 2.05) is 6.07 Å². The smallest absolute Gasteiger partial charge is 0.107 e. The van der Waals surface area contributed by atoms with Crippen LogP contribution < -0.4 is 5.32 Å². The lowest BCUT2D eigenvalue weighted by Gasteiger charge is -2.22. The number of benzene rings is 1. The largest absolute Gasteiger partial charge is 0.367 e. The fourth-order valence-electron chi connectivity index (χ4n) is 1.58. The molecule has 92 valence electrons. The number of hydrogen-bond donors (Lipinski definition) is 1. The molecule has 17 heavy (non-hydrogen) atoms. The molecule has 1 N–H and O–H groups in total. The van der Waals surface area contributed by atoms with Gasteiger partial charge in [0.25, 0.3) is 0 Å². The Bertz CT molecular complexity index is 340. The maximum Gasteiger partial charge on any atom is 0.107 e. The first-order valence-electron chi connectivity index (χ1n) is 6.02. The van der Waals surface area contributed by atoms with Crippen molar-refractivity contribution in [2.45, 2.75) is 26.4 Å². The van der Waals surface area contributed by atoms with Crippen LogP contribution in [0.1, 0.15) is 19.4 Å². The van der Waals surface area contributed by atoms with Crippen molar-refractivity contribution in [2.75, 3.05) is 13.2 Å². The highest BCUT2D eigenvalue weighted by atomic mass is 16.5. The summed E-state index contributed by atoms with van der Waals surface area (Å²) < 4.78 is 5.40. The lowest BCUT2D eigenvalue weighted by molar-refractivity contribution is 0.123. The summed E-state index contributed by atoms with van der Waals surface area (Å²) in [5, 5.41) is 3.50. The molecule has 0 saturated heterocycles. The Morgan fingerprint density at radius 2 is 2.00 bits per heavy atom. The quantitative estimate of drug-likeness (QED) is 0.575. The Kier molecular flexibility index (Phi) is 6.39. The minimum absolute atomic E-state index is 0.337. The lowest BCUT2D eigenvalue weighted by atomic mass is 10.0. The van der Waals surface area contributed by atoms with Crippen molar-refractivity contribution in [3.63, 3.8) is 0 Å². The van der Waals surface area contributed by atoms with Crippen molar-refractivity contribution in [3.05, 3.63) is 35.9 Å². The second kappa shape index (κ2) is 7.89. The van der Waals surface area contributed by atoms with Gasteiger partial charge in [-0.3, -0.25) is 0 Å². The van der Waals surface area contributed by atoms with E-state index in [4.69, 9.17) is 11.2 Å². The first-order chi connectivity index (χ1) is 8.24. The third-order valence-corrected chi connectivity index (χ3v) is 2.70. The molecule has 0 fully saturated rings. The molecule has 1 aromatic carbocycles. The molecule has 0 amide bonds. The zero-order chi connectivity index (χ0) is 12.5. The first kappa shape index (κ1) is 13.8. The molecule has 0 radical (unpaired) electrons. The molecule has 2 nitrogen and oxygen atoms in total. The summed E-state index contributed by atoms with van der Waals surface area (Å²) in [6.45, 7) is 6.28. The SMILES string of the molecule is C#CCOCC(NCc1ccccc1)C(C)C. The van der Waals surface area contributed by atoms with Gasteiger partial charge in [0.1, 0.15) is 6.61 Å². The van der Waals surface area contributed by atoms with E-state index in [1.54, 1.807) is 0 Å². The van der Waals surface area contributed by atoms with Crippen LogP contribution in [-0.4, -0.2) is 19.3 Å². The zero-order valence-electron chi connectivity index (χ0n) is 10.6. The molecular weight excluding hydrogens is 210 g/mol. The van der Waals surface area contributed by atoms with Gasteiger partial charge in [-0.1, -0.05) is 50.1 Å². The van der Waals surface area contributed by atoms with Gasteiger partial charge in [-0.2, -0.15) is 0 Å². The Labute approximate surface area is 104 Å². The fraction of sp³-hybridized carbons (Fsp3) is 0.467. The lowest BCUT2D eigenvalue weighted by Crippen LogP contribution is -2.37. The van der Waals surface area contributed by atoms with Crippen molar-refractivity contribution in [1.82, 2.24) is 5.32 Å². The van der Waals surface area contributed by atoms with Crippen LogP contribution in [0.15, 0.2) is 30.3 Å². The van der Waals surface area contributed by atoms with Gasteiger partial charge >= 0.3 is 0 Å². The average Bonchev–Trinajstić information content (AvgIpc) is 2.34. The minimum atomic E-state index is 0.337. The summed E-state index contributed by atoms with van der Waals surface area (Å²) in [6.07, 6.45) is 5.16. The summed E-state index contributed by atoms with van der Waals surface area (Å²) in [4.78, 5) is 0. The summed E-state index contributed by atoms with van der Waals surface area (Å²) in [6, 6.07) is 10.7. The van der Waals surface area contributed by atoms with Gasteiger partial charge in [0.2, 0.25) is 0 Å². The normalized spacial score (nSPS) is 12.4. The number of ether oxygens (including phenoxy) is 1. The van der Waals surface area contributed by atoms with Crippen LogP contribution in [0.5, 0.6) is 0 Å². The van der Waals surface area contributed by atoms with E-state index in [1.165, 1.54) is 5.56 Å². The van der Waals surface area contributed by atoms with Gasteiger partial charge in [0.05, 0.1) is 6.61 Å². The highest BCUT2D eigenvalue weighted by molar-refractivity contribution is 5.14. The maximum atomic E-state index is 5.40. The van der Waals surface area contributed by atoms with E-state index >= 15 is 0 Å².